The maximum absolute atomic E-state index is 12.8. The van der Waals surface area contributed by atoms with E-state index in [1.165, 1.54) is 0 Å². The Bertz CT molecular complexity index is 970. The molecule has 0 atom stereocenters. The van der Waals surface area contributed by atoms with Crippen molar-refractivity contribution in [3.8, 4) is 0 Å². The molecule has 0 unspecified atom stereocenters. The normalized spacial score (nSPS) is 14.6. The molecule has 1 aromatic heterocycles. The summed E-state index contributed by atoms with van der Waals surface area (Å²) in [5.41, 5.74) is 2.87. The summed E-state index contributed by atoms with van der Waals surface area (Å²) >= 11 is 0. The van der Waals surface area contributed by atoms with E-state index in [4.69, 9.17) is 0 Å². The first-order valence-electron chi connectivity index (χ1n) is 9.30. The van der Waals surface area contributed by atoms with Crippen LogP contribution in [-0.2, 0) is 11.3 Å². The first-order chi connectivity index (χ1) is 13.1. The molecule has 1 saturated heterocycles. The van der Waals surface area contributed by atoms with Gasteiger partial charge in [-0.05, 0) is 36.6 Å². The van der Waals surface area contributed by atoms with Gasteiger partial charge in [0.05, 0.1) is 0 Å². The summed E-state index contributed by atoms with van der Waals surface area (Å²) in [5.74, 6) is 0.140. The fourth-order valence-corrected chi connectivity index (χ4v) is 3.72. The van der Waals surface area contributed by atoms with Gasteiger partial charge in [-0.3, -0.25) is 9.59 Å². The molecule has 138 valence electrons. The van der Waals surface area contributed by atoms with Crippen molar-refractivity contribution >= 4 is 22.7 Å². The molecule has 0 aliphatic carbocycles. The summed E-state index contributed by atoms with van der Waals surface area (Å²) in [6.07, 6.45) is 0. The van der Waals surface area contributed by atoms with E-state index in [2.05, 4.69) is 16.7 Å². The lowest BCUT2D eigenvalue weighted by Crippen LogP contribution is -2.51. The van der Waals surface area contributed by atoms with E-state index in [-0.39, 0.29) is 11.8 Å². The second-order valence-corrected chi connectivity index (χ2v) is 6.97. The van der Waals surface area contributed by atoms with E-state index in [1.54, 1.807) is 0 Å². The highest BCUT2D eigenvalue weighted by Crippen LogP contribution is 2.19. The fourth-order valence-electron chi connectivity index (χ4n) is 3.72. The summed E-state index contributed by atoms with van der Waals surface area (Å²) in [5, 5.41) is 1.15. The van der Waals surface area contributed by atoms with E-state index in [9.17, 15) is 9.59 Å². The third kappa shape index (κ3) is 3.45. The highest BCUT2D eigenvalue weighted by Gasteiger charge is 2.25. The highest BCUT2D eigenvalue weighted by atomic mass is 16.2. The van der Waals surface area contributed by atoms with Crippen molar-refractivity contribution in [3.05, 3.63) is 71.9 Å². The molecular weight excluding hydrogens is 338 g/mol. The van der Waals surface area contributed by atoms with Crippen LogP contribution in [-0.4, -0.2) is 52.4 Å². The number of benzene rings is 2. The minimum absolute atomic E-state index is 0.0370. The average Bonchev–Trinajstić information content (AvgIpc) is 3.03. The van der Waals surface area contributed by atoms with Crippen LogP contribution in [0.2, 0.25) is 0 Å². The number of hydrogen-bond acceptors (Lipinski definition) is 2. The quantitative estimate of drug-likeness (QED) is 0.720. The Labute approximate surface area is 158 Å². The number of rotatable bonds is 3. The van der Waals surface area contributed by atoms with E-state index in [0.717, 1.165) is 16.6 Å². The molecule has 4 rings (SSSR count). The number of amides is 2. The van der Waals surface area contributed by atoms with Crippen molar-refractivity contribution in [2.24, 2.45) is 0 Å². The number of fused-ring (bicyclic) bond motifs is 1. The minimum atomic E-state index is 0.0370. The van der Waals surface area contributed by atoms with Crippen molar-refractivity contribution < 1.29 is 9.59 Å². The van der Waals surface area contributed by atoms with Gasteiger partial charge in [0.1, 0.15) is 6.54 Å². The number of carbonyl (C=O) groups excluding carboxylic acids is 2. The zero-order chi connectivity index (χ0) is 18.8. The third-order valence-electron chi connectivity index (χ3n) is 5.25. The van der Waals surface area contributed by atoms with Crippen molar-refractivity contribution in [1.82, 2.24) is 14.4 Å². The molecule has 0 bridgehead atoms. The highest BCUT2D eigenvalue weighted by molar-refractivity contribution is 5.94. The van der Waals surface area contributed by atoms with Gasteiger partial charge in [-0.15, -0.1) is 0 Å². The van der Waals surface area contributed by atoms with Crippen LogP contribution < -0.4 is 0 Å². The van der Waals surface area contributed by atoms with Crippen LogP contribution in [0.15, 0.2) is 60.7 Å². The molecule has 1 aliphatic rings. The molecule has 1 aliphatic heterocycles. The molecule has 2 aromatic carbocycles. The molecule has 0 spiro atoms. The molecule has 0 saturated carbocycles. The number of hydrogen-bond donors (Lipinski definition) is 0. The van der Waals surface area contributed by atoms with Crippen molar-refractivity contribution in [1.29, 1.82) is 0 Å². The zero-order valence-electron chi connectivity index (χ0n) is 15.5. The van der Waals surface area contributed by atoms with Crippen molar-refractivity contribution in [2.75, 3.05) is 26.2 Å². The molecule has 2 heterocycles. The lowest BCUT2D eigenvalue weighted by molar-refractivity contribution is -0.133. The second kappa shape index (κ2) is 7.27. The molecule has 0 N–H and O–H groups in total. The van der Waals surface area contributed by atoms with E-state index in [1.807, 2.05) is 65.3 Å². The van der Waals surface area contributed by atoms with Gasteiger partial charge in [0.15, 0.2) is 0 Å². The third-order valence-corrected chi connectivity index (χ3v) is 5.25. The first-order valence-corrected chi connectivity index (χ1v) is 9.30. The van der Waals surface area contributed by atoms with E-state index in [0.29, 0.717) is 38.3 Å². The lowest BCUT2D eigenvalue weighted by atomic mass is 10.2. The largest absolute Gasteiger partial charge is 0.338 e. The monoisotopic (exact) mass is 361 g/mol. The number of carbonyl (C=O) groups is 2. The lowest BCUT2D eigenvalue weighted by Gasteiger charge is -2.35. The number of aryl methyl sites for hydroxylation is 1. The van der Waals surface area contributed by atoms with Crippen molar-refractivity contribution in [2.45, 2.75) is 13.5 Å². The Morgan fingerprint density at radius 3 is 2.22 bits per heavy atom. The van der Waals surface area contributed by atoms with Crippen molar-refractivity contribution in [3.63, 3.8) is 0 Å². The molecule has 5 heteroatoms. The van der Waals surface area contributed by atoms with Crippen LogP contribution in [0.25, 0.3) is 10.9 Å². The first kappa shape index (κ1) is 17.3. The number of para-hydroxylation sites is 1. The molecule has 0 radical (unpaired) electrons. The SMILES string of the molecule is Cc1cc2ccccc2n1CC(=O)N1CCN(C(=O)c2ccccc2)CC1. The molecule has 1 fully saturated rings. The van der Waals surface area contributed by atoms with Gasteiger partial charge in [0, 0.05) is 43.0 Å². The van der Waals surface area contributed by atoms with Gasteiger partial charge < -0.3 is 14.4 Å². The summed E-state index contributed by atoms with van der Waals surface area (Å²) in [7, 11) is 0. The van der Waals surface area contributed by atoms with Crippen LogP contribution in [0.1, 0.15) is 16.1 Å². The van der Waals surface area contributed by atoms with Gasteiger partial charge in [-0.25, -0.2) is 0 Å². The maximum atomic E-state index is 12.8. The van der Waals surface area contributed by atoms with Crippen LogP contribution in [0.5, 0.6) is 0 Å². The minimum Gasteiger partial charge on any atom is -0.338 e. The molecule has 3 aromatic rings. The molecular formula is C22H23N3O2. The Balaban J connectivity index is 1.40. The average molecular weight is 361 g/mol. The number of piperazine rings is 1. The summed E-state index contributed by atoms with van der Waals surface area (Å²) < 4.78 is 2.07. The topological polar surface area (TPSA) is 45.6 Å². The Hall–Kier alpha value is -3.08. The van der Waals surface area contributed by atoms with Gasteiger partial charge in [0.2, 0.25) is 5.91 Å². The Morgan fingerprint density at radius 1 is 0.852 bits per heavy atom. The number of nitrogens with zero attached hydrogens (tertiary/aromatic N) is 3. The summed E-state index contributed by atoms with van der Waals surface area (Å²) in [4.78, 5) is 29.0. The van der Waals surface area contributed by atoms with Crippen LogP contribution in [0.4, 0.5) is 0 Å². The zero-order valence-corrected chi connectivity index (χ0v) is 15.5. The summed E-state index contributed by atoms with van der Waals surface area (Å²) in [6.45, 7) is 4.68. The summed E-state index contributed by atoms with van der Waals surface area (Å²) in [6, 6.07) is 19.5. The van der Waals surface area contributed by atoms with Gasteiger partial charge >= 0.3 is 0 Å². The number of aromatic nitrogens is 1. The van der Waals surface area contributed by atoms with Gasteiger partial charge in [0.25, 0.3) is 5.91 Å². The van der Waals surface area contributed by atoms with E-state index >= 15 is 0 Å². The molecule has 5 nitrogen and oxygen atoms in total. The molecule has 27 heavy (non-hydrogen) atoms. The van der Waals surface area contributed by atoms with Gasteiger partial charge in [-0.2, -0.15) is 0 Å². The predicted molar refractivity (Wildman–Crippen MR) is 106 cm³/mol. The predicted octanol–water partition coefficient (Wildman–Crippen LogP) is 2.93. The Kier molecular flexibility index (Phi) is 4.67. The van der Waals surface area contributed by atoms with E-state index < -0.39 is 0 Å². The van der Waals surface area contributed by atoms with Crippen LogP contribution >= 0.6 is 0 Å². The second-order valence-electron chi connectivity index (χ2n) is 6.97. The van der Waals surface area contributed by atoms with Gasteiger partial charge in [-0.1, -0.05) is 36.4 Å². The smallest absolute Gasteiger partial charge is 0.253 e. The molecule has 2 amide bonds. The van der Waals surface area contributed by atoms with Crippen LogP contribution in [0.3, 0.4) is 0 Å². The fraction of sp³-hybridized carbons (Fsp3) is 0.273. The van der Waals surface area contributed by atoms with Crippen LogP contribution in [0, 0.1) is 6.92 Å². The maximum Gasteiger partial charge on any atom is 0.253 e. The standard InChI is InChI=1S/C22H23N3O2/c1-17-15-19-9-5-6-10-20(19)25(17)16-21(26)23-11-13-24(14-12-23)22(27)18-7-3-2-4-8-18/h2-10,15H,11-14,16H2,1H3. The Morgan fingerprint density at radius 2 is 1.48 bits per heavy atom.